The van der Waals surface area contributed by atoms with Gasteiger partial charge in [-0.1, -0.05) is 6.92 Å². The molecule has 3 heterocycles. The van der Waals surface area contributed by atoms with Crippen LogP contribution in [-0.4, -0.2) is 52.8 Å². The van der Waals surface area contributed by atoms with Gasteiger partial charge in [0.05, 0.1) is 24.7 Å². The van der Waals surface area contributed by atoms with Gasteiger partial charge in [0.2, 0.25) is 11.8 Å². The molecule has 7 nitrogen and oxygen atoms in total. The predicted octanol–water partition coefficient (Wildman–Crippen LogP) is 1.50. The van der Waals surface area contributed by atoms with Gasteiger partial charge < -0.3 is 15.0 Å². The van der Waals surface area contributed by atoms with Gasteiger partial charge in [0.15, 0.2) is 0 Å². The lowest BCUT2D eigenvalue weighted by Gasteiger charge is -2.34. The number of carbonyl (C=O) groups is 2. The Balaban J connectivity index is 1.56. The van der Waals surface area contributed by atoms with Gasteiger partial charge in [-0.3, -0.25) is 14.3 Å². The minimum absolute atomic E-state index is 0.0303. The van der Waals surface area contributed by atoms with E-state index in [-0.39, 0.29) is 17.9 Å². The number of carbonyl (C=O) groups excluding carboxylic acids is 2. The van der Waals surface area contributed by atoms with E-state index in [2.05, 4.69) is 10.4 Å². The van der Waals surface area contributed by atoms with E-state index in [0.29, 0.717) is 38.4 Å². The van der Waals surface area contributed by atoms with Crippen LogP contribution < -0.4 is 5.32 Å². The van der Waals surface area contributed by atoms with Gasteiger partial charge in [-0.25, -0.2) is 0 Å². The number of nitrogens with zero attached hydrogens (tertiary/aromatic N) is 3. The highest BCUT2D eigenvalue weighted by Crippen LogP contribution is 2.24. The molecule has 1 fully saturated rings. The fourth-order valence-corrected chi connectivity index (χ4v) is 3.60. The van der Waals surface area contributed by atoms with E-state index < -0.39 is 0 Å². The number of amides is 2. The van der Waals surface area contributed by atoms with Crippen LogP contribution in [-0.2, 0) is 20.9 Å². The van der Waals surface area contributed by atoms with Crippen LogP contribution in [0.15, 0.2) is 12.3 Å². The average Bonchev–Trinajstić information content (AvgIpc) is 3.10. The Morgan fingerprint density at radius 3 is 2.92 bits per heavy atom. The first-order chi connectivity index (χ1) is 12.2. The summed E-state index contributed by atoms with van der Waals surface area (Å²) in [6.07, 6.45) is 5.50. The number of ether oxygens (including phenoxy) is 1. The number of hydrogen-bond acceptors (Lipinski definition) is 4. The largest absolute Gasteiger partial charge is 0.381 e. The Kier molecular flexibility index (Phi) is 6.07. The fourth-order valence-electron chi connectivity index (χ4n) is 3.60. The SMILES string of the molecule is CCCC(=O)N1Cc2ccnn2[C@@H](CC(=O)NCC2CCOCC2)C1. The van der Waals surface area contributed by atoms with Gasteiger partial charge in [0, 0.05) is 38.9 Å². The van der Waals surface area contributed by atoms with Crippen LogP contribution in [0.25, 0.3) is 0 Å². The maximum atomic E-state index is 12.4. The lowest BCUT2D eigenvalue weighted by Crippen LogP contribution is -2.43. The zero-order valence-electron chi connectivity index (χ0n) is 14.9. The molecule has 1 aromatic heterocycles. The molecule has 25 heavy (non-hydrogen) atoms. The van der Waals surface area contributed by atoms with Crippen LogP contribution >= 0.6 is 0 Å². The van der Waals surface area contributed by atoms with Crippen molar-refractivity contribution in [3.63, 3.8) is 0 Å². The van der Waals surface area contributed by atoms with Crippen LogP contribution in [0.1, 0.15) is 50.8 Å². The Morgan fingerprint density at radius 1 is 1.36 bits per heavy atom. The van der Waals surface area contributed by atoms with E-state index in [1.165, 1.54) is 0 Å². The molecule has 138 valence electrons. The molecule has 0 spiro atoms. The monoisotopic (exact) mass is 348 g/mol. The molecular formula is C18H28N4O3. The topological polar surface area (TPSA) is 76.5 Å². The van der Waals surface area contributed by atoms with Crippen molar-refractivity contribution in [1.82, 2.24) is 20.0 Å². The van der Waals surface area contributed by atoms with Gasteiger partial charge in [-0.15, -0.1) is 0 Å². The first kappa shape index (κ1) is 17.9. The quantitative estimate of drug-likeness (QED) is 0.845. The minimum atomic E-state index is -0.0887. The molecule has 2 aliphatic heterocycles. The molecule has 0 aliphatic carbocycles. The molecular weight excluding hydrogens is 320 g/mol. The van der Waals surface area contributed by atoms with Crippen molar-refractivity contribution in [2.45, 2.75) is 51.6 Å². The maximum Gasteiger partial charge on any atom is 0.222 e. The molecule has 2 aliphatic rings. The van der Waals surface area contributed by atoms with Gasteiger partial charge in [0.25, 0.3) is 0 Å². The van der Waals surface area contributed by atoms with Gasteiger partial charge in [0.1, 0.15) is 0 Å². The standard InChI is InChI=1S/C18H28N4O3/c1-2-3-18(24)21-12-15-4-7-20-22(15)16(13-21)10-17(23)19-11-14-5-8-25-9-6-14/h4,7,14,16H,2-3,5-6,8-13H2,1H3,(H,19,23)/t16-/m0/s1. The van der Waals surface area contributed by atoms with Crippen molar-refractivity contribution < 1.29 is 14.3 Å². The van der Waals surface area contributed by atoms with Crippen molar-refractivity contribution in [3.05, 3.63) is 18.0 Å². The maximum absolute atomic E-state index is 12.4. The van der Waals surface area contributed by atoms with Crippen molar-refractivity contribution in [3.8, 4) is 0 Å². The molecule has 2 amide bonds. The Morgan fingerprint density at radius 2 is 2.16 bits per heavy atom. The molecule has 0 radical (unpaired) electrons. The number of aromatic nitrogens is 2. The van der Waals surface area contributed by atoms with Gasteiger partial charge in [-0.05, 0) is 31.2 Å². The molecule has 1 saturated heterocycles. The fraction of sp³-hybridized carbons (Fsp3) is 0.722. The second-order valence-electron chi connectivity index (χ2n) is 7.01. The summed E-state index contributed by atoms with van der Waals surface area (Å²) in [7, 11) is 0. The summed E-state index contributed by atoms with van der Waals surface area (Å²) in [6.45, 7) is 5.42. The van der Waals surface area contributed by atoms with Crippen LogP contribution in [0.3, 0.4) is 0 Å². The molecule has 1 aromatic rings. The lowest BCUT2D eigenvalue weighted by molar-refractivity contribution is -0.134. The second-order valence-corrected chi connectivity index (χ2v) is 7.01. The predicted molar refractivity (Wildman–Crippen MR) is 92.8 cm³/mol. The van der Waals surface area contributed by atoms with Crippen molar-refractivity contribution in [2.75, 3.05) is 26.3 Å². The molecule has 7 heteroatoms. The summed E-state index contributed by atoms with van der Waals surface area (Å²) in [6, 6.07) is 1.84. The number of nitrogens with one attached hydrogen (secondary N) is 1. The minimum Gasteiger partial charge on any atom is -0.381 e. The normalized spacial score (nSPS) is 21.0. The van der Waals surface area contributed by atoms with Crippen LogP contribution in [0.5, 0.6) is 0 Å². The average molecular weight is 348 g/mol. The molecule has 1 N–H and O–H groups in total. The van der Waals surface area contributed by atoms with Gasteiger partial charge >= 0.3 is 0 Å². The summed E-state index contributed by atoms with van der Waals surface area (Å²) in [4.78, 5) is 26.5. The third-order valence-corrected chi connectivity index (χ3v) is 5.05. The Hall–Kier alpha value is -1.89. The Bertz CT molecular complexity index is 595. The number of fused-ring (bicyclic) bond motifs is 1. The zero-order valence-corrected chi connectivity index (χ0v) is 14.9. The second kappa shape index (κ2) is 8.47. The van der Waals surface area contributed by atoms with E-state index in [0.717, 1.165) is 38.2 Å². The Labute approximate surface area is 148 Å². The highest BCUT2D eigenvalue weighted by molar-refractivity contribution is 5.78. The van der Waals surface area contributed by atoms with Gasteiger partial charge in [-0.2, -0.15) is 5.10 Å². The molecule has 0 unspecified atom stereocenters. The van der Waals surface area contributed by atoms with E-state index in [1.807, 2.05) is 22.6 Å². The number of hydrogen-bond donors (Lipinski definition) is 1. The first-order valence-corrected chi connectivity index (χ1v) is 9.32. The smallest absolute Gasteiger partial charge is 0.222 e. The van der Waals surface area contributed by atoms with Crippen molar-refractivity contribution in [1.29, 1.82) is 0 Å². The van der Waals surface area contributed by atoms with Crippen molar-refractivity contribution in [2.24, 2.45) is 5.92 Å². The molecule has 0 aromatic carbocycles. The third-order valence-electron chi connectivity index (χ3n) is 5.05. The molecule has 0 saturated carbocycles. The molecule has 3 rings (SSSR count). The summed E-state index contributed by atoms with van der Waals surface area (Å²) >= 11 is 0. The number of rotatable bonds is 6. The van der Waals surface area contributed by atoms with E-state index in [9.17, 15) is 9.59 Å². The van der Waals surface area contributed by atoms with E-state index >= 15 is 0 Å². The summed E-state index contributed by atoms with van der Waals surface area (Å²) in [5.74, 6) is 0.692. The molecule has 0 bridgehead atoms. The summed E-state index contributed by atoms with van der Waals surface area (Å²) < 4.78 is 7.26. The lowest BCUT2D eigenvalue weighted by atomic mass is 10.0. The third kappa shape index (κ3) is 4.60. The van der Waals surface area contributed by atoms with Crippen LogP contribution in [0.2, 0.25) is 0 Å². The van der Waals surface area contributed by atoms with E-state index in [4.69, 9.17) is 4.74 Å². The highest BCUT2D eigenvalue weighted by Gasteiger charge is 2.29. The summed E-state index contributed by atoms with van der Waals surface area (Å²) in [5, 5.41) is 7.42. The van der Waals surface area contributed by atoms with E-state index in [1.54, 1.807) is 6.20 Å². The summed E-state index contributed by atoms with van der Waals surface area (Å²) in [5.41, 5.74) is 0.998. The van der Waals surface area contributed by atoms with Crippen LogP contribution in [0, 0.1) is 5.92 Å². The molecule has 1 atom stereocenters. The zero-order chi connectivity index (χ0) is 17.6. The van der Waals surface area contributed by atoms with Crippen molar-refractivity contribution >= 4 is 11.8 Å². The van der Waals surface area contributed by atoms with Crippen LogP contribution in [0.4, 0.5) is 0 Å². The first-order valence-electron chi connectivity index (χ1n) is 9.32. The highest BCUT2D eigenvalue weighted by atomic mass is 16.5.